The molecule has 1 aliphatic rings. The SMILES string of the molecule is Cc1ccc(C(=O)N[C@H](C(=O)Nc2ccc(S(=O)(=O)N3CCN(C)CC3)cc2)C(C)C)cc1. The van der Waals surface area contributed by atoms with E-state index in [0.717, 1.165) is 5.56 Å². The van der Waals surface area contributed by atoms with Crippen molar-refractivity contribution in [3.05, 3.63) is 59.7 Å². The van der Waals surface area contributed by atoms with Crippen molar-refractivity contribution in [2.24, 2.45) is 5.92 Å². The molecule has 9 heteroatoms. The first kappa shape index (κ1) is 24.9. The maximum absolute atomic E-state index is 12.9. The lowest BCUT2D eigenvalue weighted by molar-refractivity contribution is -0.118. The Morgan fingerprint density at radius 3 is 2.03 bits per heavy atom. The highest BCUT2D eigenvalue weighted by atomic mass is 32.2. The van der Waals surface area contributed by atoms with Gasteiger partial charge in [-0.1, -0.05) is 31.5 Å². The molecule has 2 amide bonds. The van der Waals surface area contributed by atoms with E-state index < -0.39 is 16.1 Å². The van der Waals surface area contributed by atoms with Crippen LogP contribution in [0.15, 0.2) is 53.4 Å². The van der Waals surface area contributed by atoms with E-state index in [0.29, 0.717) is 37.4 Å². The van der Waals surface area contributed by atoms with Crippen LogP contribution in [0, 0.1) is 12.8 Å². The molecule has 1 atom stereocenters. The fourth-order valence-electron chi connectivity index (χ4n) is 3.57. The molecule has 8 nitrogen and oxygen atoms in total. The van der Waals surface area contributed by atoms with E-state index in [1.807, 2.05) is 40.0 Å². The molecule has 178 valence electrons. The Kier molecular flexibility index (Phi) is 7.88. The Morgan fingerprint density at radius 1 is 0.909 bits per heavy atom. The summed E-state index contributed by atoms with van der Waals surface area (Å²) in [7, 11) is -1.61. The first-order valence-corrected chi connectivity index (χ1v) is 12.5. The average molecular weight is 473 g/mol. The summed E-state index contributed by atoms with van der Waals surface area (Å²) in [5, 5.41) is 5.58. The highest BCUT2D eigenvalue weighted by Gasteiger charge is 2.28. The zero-order valence-corrected chi connectivity index (χ0v) is 20.4. The number of hydrogen-bond acceptors (Lipinski definition) is 5. The second-order valence-corrected chi connectivity index (χ2v) is 10.7. The van der Waals surface area contributed by atoms with Crippen molar-refractivity contribution >= 4 is 27.5 Å². The Morgan fingerprint density at radius 2 is 1.48 bits per heavy atom. The summed E-state index contributed by atoms with van der Waals surface area (Å²) in [5.74, 6) is -0.825. The number of anilines is 1. The van der Waals surface area contributed by atoms with Crippen LogP contribution >= 0.6 is 0 Å². The summed E-state index contributed by atoms with van der Waals surface area (Å²) in [6.45, 7) is 7.93. The van der Waals surface area contributed by atoms with Crippen molar-refractivity contribution in [3.63, 3.8) is 0 Å². The van der Waals surface area contributed by atoms with Gasteiger partial charge in [0.1, 0.15) is 6.04 Å². The smallest absolute Gasteiger partial charge is 0.251 e. The van der Waals surface area contributed by atoms with Gasteiger partial charge in [-0.15, -0.1) is 0 Å². The molecule has 0 radical (unpaired) electrons. The monoisotopic (exact) mass is 472 g/mol. The predicted octanol–water partition coefficient (Wildman–Crippen LogP) is 2.32. The Labute approximate surface area is 196 Å². The van der Waals surface area contributed by atoms with E-state index in [-0.39, 0.29) is 22.6 Å². The Bertz CT molecular complexity index is 1070. The van der Waals surface area contributed by atoms with Gasteiger partial charge in [-0.25, -0.2) is 8.42 Å². The molecule has 33 heavy (non-hydrogen) atoms. The molecular weight excluding hydrogens is 440 g/mol. The number of hydrogen-bond donors (Lipinski definition) is 2. The van der Waals surface area contributed by atoms with Crippen molar-refractivity contribution in [3.8, 4) is 0 Å². The van der Waals surface area contributed by atoms with Gasteiger partial charge in [0.05, 0.1) is 4.90 Å². The quantitative estimate of drug-likeness (QED) is 0.644. The van der Waals surface area contributed by atoms with Crippen LogP contribution < -0.4 is 10.6 Å². The van der Waals surface area contributed by atoms with Gasteiger partial charge in [-0.3, -0.25) is 9.59 Å². The molecule has 1 heterocycles. The first-order chi connectivity index (χ1) is 15.6. The number of nitrogens with zero attached hydrogens (tertiary/aromatic N) is 2. The number of nitrogens with one attached hydrogen (secondary N) is 2. The van der Waals surface area contributed by atoms with Gasteiger partial charge in [0.2, 0.25) is 15.9 Å². The number of rotatable bonds is 7. The van der Waals surface area contributed by atoms with E-state index >= 15 is 0 Å². The molecule has 2 aromatic carbocycles. The molecular formula is C24H32N4O4S. The predicted molar refractivity (Wildman–Crippen MR) is 129 cm³/mol. The van der Waals surface area contributed by atoms with Gasteiger partial charge in [0.15, 0.2) is 0 Å². The first-order valence-electron chi connectivity index (χ1n) is 11.0. The third kappa shape index (κ3) is 6.19. The zero-order valence-electron chi connectivity index (χ0n) is 19.5. The number of likely N-dealkylation sites (N-methyl/N-ethyl adjacent to an activating group) is 1. The minimum Gasteiger partial charge on any atom is -0.340 e. The number of amides is 2. The second-order valence-electron chi connectivity index (χ2n) is 8.78. The second kappa shape index (κ2) is 10.5. The highest BCUT2D eigenvalue weighted by molar-refractivity contribution is 7.89. The van der Waals surface area contributed by atoms with Crippen LogP contribution in [0.3, 0.4) is 0 Å². The third-order valence-corrected chi connectivity index (χ3v) is 7.68. The number of piperazine rings is 1. The largest absolute Gasteiger partial charge is 0.340 e. The molecule has 1 aliphatic heterocycles. The lowest BCUT2D eigenvalue weighted by Crippen LogP contribution is -2.47. The minimum atomic E-state index is -3.57. The number of sulfonamides is 1. The van der Waals surface area contributed by atoms with Crippen LogP contribution in [0.25, 0.3) is 0 Å². The van der Waals surface area contributed by atoms with E-state index in [9.17, 15) is 18.0 Å². The zero-order chi connectivity index (χ0) is 24.2. The standard InChI is InChI=1S/C24H32N4O4S/c1-17(2)22(26-23(29)19-7-5-18(3)6-8-19)24(30)25-20-9-11-21(12-10-20)33(31,32)28-15-13-27(4)14-16-28/h5-12,17,22H,13-16H2,1-4H3,(H,25,30)(H,26,29)/t22-/m0/s1. The van der Waals surface area contributed by atoms with E-state index in [1.54, 1.807) is 24.3 Å². The normalized spacial score (nSPS) is 16.4. The van der Waals surface area contributed by atoms with Crippen LogP contribution in [0.1, 0.15) is 29.8 Å². The molecule has 2 aromatic rings. The maximum atomic E-state index is 12.9. The summed E-state index contributed by atoms with van der Waals surface area (Å²) < 4.78 is 27.2. The van der Waals surface area contributed by atoms with Crippen LogP contribution in [0.4, 0.5) is 5.69 Å². The van der Waals surface area contributed by atoms with Gasteiger partial charge in [0, 0.05) is 37.4 Å². The lowest BCUT2D eigenvalue weighted by Gasteiger charge is -2.31. The topological polar surface area (TPSA) is 98.8 Å². The van der Waals surface area contributed by atoms with E-state index in [2.05, 4.69) is 15.5 Å². The van der Waals surface area contributed by atoms with Gasteiger partial charge in [-0.05, 0) is 56.3 Å². The molecule has 0 aromatic heterocycles. The third-order valence-electron chi connectivity index (χ3n) is 5.77. The Hall–Kier alpha value is -2.75. The number of carbonyl (C=O) groups excluding carboxylic acids is 2. The minimum absolute atomic E-state index is 0.142. The van der Waals surface area contributed by atoms with Gasteiger partial charge < -0.3 is 15.5 Å². The summed E-state index contributed by atoms with van der Waals surface area (Å²) in [6.07, 6.45) is 0. The van der Waals surface area contributed by atoms with Crippen LogP contribution in [-0.2, 0) is 14.8 Å². The summed E-state index contributed by atoms with van der Waals surface area (Å²) in [5.41, 5.74) is 1.99. The van der Waals surface area contributed by atoms with Crippen molar-refractivity contribution < 1.29 is 18.0 Å². The van der Waals surface area contributed by atoms with Crippen LogP contribution in [0.2, 0.25) is 0 Å². The summed E-state index contributed by atoms with van der Waals surface area (Å²) in [4.78, 5) is 27.7. The molecule has 0 unspecified atom stereocenters. The fourth-order valence-corrected chi connectivity index (χ4v) is 4.99. The molecule has 1 fully saturated rings. The number of carbonyl (C=O) groups is 2. The highest BCUT2D eigenvalue weighted by Crippen LogP contribution is 2.20. The molecule has 1 saturated heterocycles. The number of benzene rings is 2. The molecule has 0 saturated carbocycles. The van der Waals surface area contributed by atoms with Gasteiger partial charge >= 0.3 is 0 Å². The van der Waals surface area contributed by atoms with Crippen molar-refractivity contribution in [2.45, 2.75) is 31.7 Å². The van der Waals surface area contributed by atoms with Gasteiger partial charge in [0.25, 0.3) is 5.91 Å². The lowest BCUT2D eigenvalue weighted by atomic mass is 10.0. The molecule has 3 rings (SSSR count). The number of aryl methyl sites for hydroxylation is 1. The summed E-state index contributed by atoms with van der Waals surface area (Å²) in [6, 6.07) is 12.5. The fraction of sp³-hybridized carbons (Fsp3) is 0.417. The summed E-state index contributed by atoms with van der Waals surface area (Å²) >= 11 is 0. The Balaban J connectivity index is 1.66. The van der Waals surface area contributed by atoms with E-state index in [4.69, 9.17) is 0 Å². The van der Waals surface area contributed by atoms with Crippen molar-refractivity contribution in [2.75, 3.05) is 38.5 Å². The molecule has 0 aliphatic carbocycles. The molecule has 0 bridgehead atoms. The van der Waals surface area contributed by atoms with Gasteiger partial charge in [-0.2, -0.15) is 4.31 Å². The molecule has 2 N–H and O–H groups in total. The van der Waals surface area contributed by atoms with Crippen molar-refractivity contribution in [1.82, 2.24) is 14.5 Å². The van der Waals surface area contributed by atoms with Crippen molar-refractivity contribution in [1.29, 1.82) is 0 Å². The molecule has 0 spiro atoms. The average Bonchev–Trinajstić information content (AvgIpc) is 2.78. The van der Waals surface area contributed by atoms with Crippen LogP contribution in [0.5, 0.6) is 0 Å². The maximum Gasteiger partial charge on any atom is 0.251 e. The van der Waals surface area contributed by atoms with E-state index in [1.165, 1.54) is 16.4 Å². The van der Waals surface area contributed by atoms with Crippen LogP contribution in [-0.4, -0.2) is 68.7 Å².